The Bertz CT molecular complexity index is 511. The van der Waals surface area contributed by atoms with E-state index >= 15 is 0 Å². The van der Waals surface area contributed by atoms with Crippen LogP contribution < -0.4 is 5.32 Å². The molecule has 0 bridgehead atoms. The van der Waals surface area contributed by atoms with Crippen LogP contribution in [0.4, 0.5) is 0 Å². The van der Waals surface area contributed by atoms with Crippen molar-refractivity contribution in [3.63, 3.8) is 0 Å². The van der Waals surface area contributed by atoms with Gasteiger partial charge in [-0.05, 0) is 51.1 Å². The highest BCUT2D eigenvalue weighted by Gasteiger charge is 2.10. The van der Waals surface area contributed by atoms with Crippen LogP contribution in [0.25, 0.3) is 0 Å². The zero-order valence-electron chi connectivity index (χ0n) is 13.6. The minimum atomic E-state index is -2.84. The summed E-state index contributed by atoms with van der Waals surface area (Å²) in [5, 5.41) is 3.55. The van der Waals surface area contributed by atoms with Crippen LogP contribution in [0.1, 0.15) is 43.7 Å². The molecule has 0 aliphatic heterocycles. The standard InChI is InChI=1S/C17H29NO2S/c1-4-12-18-17(9-6-13-21(3,19)20)11-10-16-8-5-7-15(2)14-16/h5,7-8,14,17-18H,4,6,9-13H2,1-3H3. The molecule has 1 N–H and O–H groups in total. The molecule has 1 unspecified atom stereocenters. The lowest BCUT2D eigenvalue weighted by Crippen LogP contribution is -2.30. The fourth-order valence-electron chi connectivity index (χ4n) is 2.50. The molecule has 0 aromatic heterocycles. The lowest BCUT2D eigenvalue weighted by atomic mass is 10.0. The second-order valence-corrected chi connectivity index (χ2v) is 8.21. The van der Waals surface area contributed by atoms with E-state index in [-0.39, 0.29) is 0 Å². The first-order valence-corrected chi connectivity index (χ1v) is 9.93. The highest BCUT2D eigenvalue weighted by atomic mass is 32.2. The molecule has 1 aromatic rings. The molecule has 0 fully saturated rings. The Morgan fingerprint density at radius 3 is 2.62 bits per heavy atom. The SMILES string of the molecule is CCCNC(CCCS(C)(=O)=O)CCc1cccc(C)c1. The maximum absolute atomic E-state index is 11.2. The molecule has 1 aromatic carbocycles. The summed E-state index contributed by atoms with van der Waals surface area (Å²) in [5.74, 6) is 0.293. The molecule has 0 radical (unpaired) electrons. The van der Waals surface area contributed by atoms with Gasteiger partial charge in [-0.2, -0.15) is 0 Å². The molecule has 21 heavy (non-hydrogen) atoms. The van der Waals surface area contributed by atoms with Gasteiger partial charge in [-0.1, -0.05) is 36.8 Å². The van der Waals surface area contributed by atoms with Crippen molar-refractivity contribution in [2.45, 2.75) is 52.0 Å². The summed E-state index contributed by atoms with van der Waals surface area (Å²) >= 11 is 0. The van der Waals surface area contributed by atoms with Gasteiger partial charge < -0.3 is 5.32 Å². The molecule has 0 aliphatic carbocycles. The summed E-state index contributed by atoms with van der Waals surface area (Å²) in [7, 11) is -2.84. The Balaban J connectivity index is 2.45. The predicted octanol–water partition coefficient (Wildman–Crippen LogP) is 3.12. The summed E-state index contributed by atoms with van der Waals surface area (Å²) in [6.45, 7) is 5.26. The van der Waals surface area contributed by atoms with E-state index in [0.717, 1.165) is 38.6 Å². The van der Waals surface area contributed by atoms with Gasteiger partial charge in [0.2, 0.25) is 0 Å². The van der Waals surface area contributed by atoms with Gasteiger partial charge in [-0.25, -0.2) is 8.42 Å². The zero-order chi connectivity index (χ0) is 15.7. The van der Waals surface area contributed by atoms with Gasteiger partial charge in [0.25, 0.3) is 0 Å². The van der Waals surface area contributed by atoms with Gasteiger partial charge in [-0.3, -0.25) is 0 Å². The molecule has 0 saturated carbocycles. The Morgan fingerprint density at radius 2 is 2.00 bits per heavy atom. The predicted molar refractivity (Wildman–Crippen MR) is 90.5 cm³/mol. The summed E-state index contributed by atoms with van der Waals surface area (Å²) in [6.07, 6.45) is 6.20. The van der Waals surface area contributed by atoms with Crippen LogP contribution in [0.2, 0.25) is 0 Å². The van der Waals surface area contributed by atoms with Crippen LogP contribution in [0, 0.1) is 6.92 Å². The fraction of sp³-hybridized carbons (Fsp3) is 0.647. The lowest BCUT2D eigenvalue weighted by molar-refractivity contribution is 0.448. The number of hydrogen-bond donors (Lipinski definition) is 1. The minimum absolute atomic E-state index is 0.293. The van der Waals surface area contributed by atoms with E-state index in [1.807, 2.05) is 0 Å². The van der Waals surface area contributed by atoms with Crippen molar-refractivity contribution in [1.29, 1.82) is 0 Å². The van der Waals surface area contributed by atoms with Gasteiger partial charge in [0, 0.05) is 18.1 Å². The van der Waals surface area contributed by atoms with E-state index < -0.39 is 9.84 Å². The van der Waals surface area contributed by atoms with Gasteiger partial charge in [-0.15, -0.1) is 0 Å². The van der Waals surface area contributed by atoms with E-state index in [9.17, 15) is 8.42 Å². The molecule has 0 heterocycles. The van der Waals surface area contributed by atoms with Crippen LogP contribution in [0.5, 0.6) is 0 Å². The molecule has 0 aliphatic rings. The minimum Gasteiger partial charge on any atom is -0.314 e. The van der Waals surface area contributed by atoms with Crippen LogP contribution in [-0.4, -0.2) is 33.0 Å². The van der Waals surface area contributed by atoms with Crippen molar-refractivity contribution in [3.8, 4) is 0 Å². The first-order valence-electron chi connectivity index (χ1n) is 7.87. The van der Waals surface area contributed by atoms with E-state index in [1.165, 1.54) is 17.4 Å². The summed E-state index contributed by atoms with van der Waals surface area (Å²) < 4.78 is 22.4. The first kappa shape index (κ1) is 18.2. The average molecular weight is 311 g/mol. The Kier molecular flexibility index (Phi) is 7.97. The van der Waals surface area contributed by atoms with E-state index in [2.05, 4.69) is 43.4 Å². The molecule has 0 amide bonds. The molecule has 120 valence electrons. The number of benzene rings is 1. The summed E-state index contributed by atoms with van der Waals surface area (Å²) in [5.41, 5.74) is 2.66. The van der Waals surface area contributed by atoms with Crippen LogP contribution in [0.3, 0.4) is 0 Å². The fourth-order valence-corrected chi connectivity index (χ4v) is 3.19. The third kappa shape index (κ3) is 8.89. The Hall–Kier alpha value is -0.870. The third-order valence-electron chi connectivity index (χ3n) is 3.61. The lowest BCUT2D eigenvalue weighted by Gasteiger charge is -2.18. The van der Waals surface area contributed by atoms with Gasteiger partial charge in [0.15, 0.2) is 0 Å². The molecular weight excluding hydrogens is 282 g/mol. The van der Waals surface area contributed by atoms with Crippen molar-refractivity contribution in [1.82, 2.24) is 5.32 Å². The number of rotatable bonds is 10. The van der Waals surface area contributed by atoms with E-state index in [1.54, 1.807) is 0 Å². The summed E-state index contributed by atoms with van der Waals surface area (Å²) in [6, 6.07) is 9.02. The normalized spacial score (nSPS) is 13.3. The molecule has 1 rings (SSSR count). The van der Waals surface area contributed by atoms with Gasteiger partial charge in [0.1, 0.15) is 9.84 Å². The Morgan fingerprint density at radius 1 is 1.24 bits per heavy atom. The molecule has 0 saturated heterocycles. The Labute approximate surface area is 130 Å². The maximum Gasteiger partial charge on any atom is 0.147 e. The van der Waals surface area contributed by atoms with Crippen molar-refractivity contribution in [2.75, 3.05) is 18.6 Å². The number of aryl methyl sites for hydroxylation is 2. The number of sulfone groups is 1. The smallest absolute Gasteiger partial charge is 0.147 e. The van der Waals surface area contributed by atoms with Crippen molar-refractivity contribution >= 4 is 9.84 Å². The van der Waals surface area contributed by atoms with Crippen molar-refractivity contribution in [2.24, 2.45) is 0 Å². The van der Waals surface area contributed by atoms with Gasteiger partial charge >= 0.3 is 0 Å². The van der Waals surface area contributed by atoms with Crippen molar-refractivity contribution in [3.05, 3.63) is 35.4 Å². The maximum atomic E-state index is 11.2. The van der Waals surface area contributed by atoms with Crippen LogP contribution in [0.15, 0.2) is 24.3 Å². The quantitative estimate of drug-likeness (QED) is 0.722. The first-order chi connectivity index (χ1) is 9.90. The molecule has 1 atom stereocenters. The van der Waals surface area contributed by atoms with Crippen LogP contribution in [-0.2, 0) is 16.3 Å². The molecule has 0 spiro atoms. The summed E-state index contributed by atoms with van der Waals surface area (Å²) in [4.78, 5) is 0. The monoisotopic (exact) mass is 311 g/mol. The van der Waals surface area contributed by atoms with Crippen molar-refractivity contribution < 1.29 is 8.42 Å². The zero-order valence-corrected chi connectivity index (χ0v) is 14.4. The number of hydrogen-bond acceptors (Lipinski definition) is 3. The molecule has 3 nitrogen and oxygen atoms in total. The third-order valence-corrected chi connectivity index (χ3v) is 4.64. The van der Waals surface area contributed by atoms with E-state index in [4.69, 9.17) is 0 Å². The second kappa shape index (κ2) is 9.21. The van der Waals surface area contributed by atoms with E-state index in [0.29, 0.717) is 11.8 Å². The topological polar surface area (TPSA) is 46.2 Å². The average Bonchev–Trinajstić information content (AvgIpc) is 2.40. The molecular formula is C17H29NO2S. The largest absolute Gasteiger partial charge is 0.314 e. The van der Waals surface area contributed by atoms with Crippen LogP contribution >= 0.6 is 0 Å². The second-order valence-electron chi connectivity index (χ2n) is 5.95. The van der Waals surface area contributed by atoms with Gasteiger partial charge in [0.05, 0.1) is 0 Å². The molecule has 4 heteroatoms. The highest BCUT2D eigenvalue weighted by Crippen LogP contribution is 2.11. The number of nitrogens with one attached hydrogen (secondary N) is 1. The highest BCUT2D eigenvalue weighted by molar-refractivity contribution is 7.90.